The monoisotopic (exact) mass is 564 g/mol. The van der Waals surface area contributed by atoms with E-state index in [0.717, 1.165) is 12.8 Å². The van der Waals surface area contributed by atoms with E-state index in [2.05, 4.69) is 144 Å². The summed E-state index contributed by atoms with van der Waals surface area (Å²) in [5, 5.41) is 2.54. The Labute approximate surface area is 258 Å². The van der Waals surface area contributed by atoms with Gasteiger partial charge in [0.1, 0.15) is 0 Å². The van der Waals surface area contributed by atoms with Crippen molar-refractivity contribution in [3.05, 3.63) is 175 Å². The maximum Gasteiger partial charge on any atom is 0.0541 e. The summed E-state index contributed by atoms with van der Waals surface area (Å²) in [6.45, 7) is 0. The van der Waals surface area contributed by atoms with Gasteiger partial charge in [0.05, 0.1) is 11.0 Å². The molecule has 7 aromatic rings. The Hall–Kier alpha value is -5.60. The first-order valence-electron chi connectivity index (χ1n) is 15.2. The molecular formula is C42H32N2. The minimum absolute atomic E-state index is 0.891. The number of hydrogen-bond acceptors (Lipinski definition) is 1. The Kier molecular flexibility index (Phi) is 6.46. The van der Waals surface area contributed by atoms with Crippen molar-refractivity contribution in [1.29, 1.82) is 0 Å². The van der Waals surface area contributed by atoms with E-state index in [-0.39, 0.29) is 0 Å². The van der Waals surface area contributed by atoms with Crippen molar-refractivity contribution in [1.82, 2.24) is 4.57 Å². The molecule has 0 aliphatic heterocycles. The molecule has 0 fully saturated rings. The highest BCUT2D eigenvalue weighted by Gasteiger charge is 2.20. The molecule has 0 saturated carbocycles. The standard InChI is InChI=1S/C42H32N2/c43-24-8-2-3-9-29-14-15-34-26-35-17-16-32(27-39(35)38(34)25-29)33-20-23-42-40(28-33)37-12-6-7-13-41(37)44(42)36-21-18-31(19-22-36)30-10-4-1-5-11-30/h1-8,10-25,27-28H,9,26,43H2/b3-2-,24-8-. The highest BCUT2D eigenvalue weighted by atomic mass is 15.0. The zero-order chi connectivity index (χ0) is 29.5. The van der Waals surface area contributed by atoms with Crippen molar-refractivity contribution < 1.29 is 0 Å². The van der Waals surface area contributed by atoms with Crippen molar-refractivity contribution >= 4 is 21.8 Å². The molecule has 0 saturated heterocycles. The van der Waals surface area contributed by atoms with Crippen LogP contribution in [-0.4, -0.2) is 4.57 Å². The smallest absolute Gasteiger partial charge is 0.0541 e. The summed E-state index contributed by atoms with van der Waals surface area (Å²) < 4.78 is 2.39. The number of benzene rings is 6. The predicted molar refractivity (Wildman–Crippen MR) is 186 cm³/mol. The molecule has 8 rings (SSSR count). The lowest BCUT2D eigenvalue weighted by atomic mass is 9.96. The largest absolute Gasteiger partial charge is 0.405 e. The van der Waals surface area contributed by atoms with Gasteiger partial charge in [-0.05, 0) is 112 Å². The van der Waals surface area contributed by atoms with Crippen LogP contribution in [0.15, 0.2) is 158 Å². The van der Waals surface area contributed by atoms with Gasteiger partial charge in [-0.2, -0.15) is 0 Å². The number of para-hydroxylation sites is 1. The van der Waals surface area contributed by atoms with Gasteiger partial charge in [-0.3, -0.25) is 0 Å². The van der Waals surface area contributed by atoms with E-state index in [4.69, 9.17) is 5.73 Å². The Morgan fingerprint density at radius 2 is 1.20 bits per heavy atom. The molecule has 0 radical (unpaired) electrons. The SMILES string of the molecule is N/C=C\C=C/Cc1ccc2c(c1)-c1cc(-c3ccc4c(c3)c3ccccc3n4-c3ccc(-c4ccccc4)cc3)ccc1C2. The second-order valence-electron chi connectivity index (χ2n) is 11.6. The van der Waals surface area contributed by atoms with Crippen molar-refractivity contribution in [2.24, 2.45) is 5.73 Å². The predicted octanol–water partition coefficient (Wildman–Crippen LogP) is 10.3. The van der Waals surface area contributed by atoms with Gasteiger partial charge >= 0.3 is 0 Å². The molecule has 0 spiro atoms. The first-order chi connectivity index (χ1) is 21.8. The van der Waals surface area contributed by atoms with Gasteiger partial charge in [-0.1, -0.05) is 109 Å². The van der Waals surface area contributed by atoms with E-state index >= 15 is 0 Å². The maximum absolute atomic E-state index is 5.47. The molecule has 6 aromatic carbocycles. The minimum atomic E-state index is 0.891. The fourth-order valence-electron chi connectivity index (χ4n) is 6.73. The van der Waals surface area contributed by atoms with Gasteiger partial charge < -0.3 is 10.3 Å². The summed E-state index contributed by atoms with van der Waals surface area (Å²) in [7, 11) is 0. The molecule has 1 aliphatic carbocycles. The van der Waals surface area contributed by atoms with Crippen LogP contribution in [0, 0.1) is 0 Å². The average molecular weight is 565 g/mol. The third-order valence-electron chi connectivity index (χ3n) is 8.91. The van der Waals surface area contributed by atoms with Crippen molar-refractivity contribution in [2.45, 2.75) is 12.8 Å². The molecule has 0 amide bonds. The lowest BCUT2D eigenvalue weighted by Crippen LogP contribution is -1.93. The van der Waals surface area contributed by atoms with Gasteiger partial charge in [0, 0.05) is 16.5 Å². The lowest BCUT2D eigenvalue weighted by Gasteiger charge is -2.10. The van der Waals surface area contributed by atoms with E-state index in [1.54, 1.807) is 6.20 Å². The molecule has 210 valence electrons. The van der Waals surface area contributed by atoms with Gasteiger partial charge in [0.2, 0.25) is 0 Å². The van der Waals surface area contributed by atoms with Crippen LogP contribution in [0.5, 0.6) is 0 Å². The molecule has 0 unspecified atom stereocenters. The van der Waals surface area contributed by atoms with Crippen LogP contribution in [-0.2, 0) is 12.8 Å². The highest BCUT2D eigenvalue weighted by molar-refractivity contribution is 6.10. The van der Waals surface area contributed by atoms with E-state index in [0.29, 0.717) is 0 Å². The number of nitrogens with zero attached hydrogens (tertiary/aromatic N) is 1. The number of nitrogens with two attached hydrogens (primary N) is 1. The average Bonchev–Trinajstić information content (AvgIpc) is 3.62. The summed E-state index contributed by atoms with van der Waals surface area (Å²) in [5.74, 6) is 0. The molecule has 1 aliphatic rings. The van der Waals surface area contributed by atoms with Crippen LogP contribution < -0.4 is 5.73 Å². The normalized spacial score (nSPS) is 12.5. The van der Waals surface area contributed by atoms with Crippen LogP contribution >= 0.6 is 0 Å². The Balaban J connectivity index is 1.19. The van der Waals surface area contributed by atoms with Gasteiger partial charge in [0.25, 0.3) is 0 Å². The van der Waals surface area contributed by atoms with Crippen molar-refractivity contribution in [2.75, 3.05) is 0 Å². The second kappa shape index (κ2) is 10.9. The third kappa shape index (κ3) is 4.53. The first-order valence-corrected chi connectivity index (χ1v) is 15.2. The van der Waals surface area contributed by atoms with Crippen LogP contribution in [0.25, 0.3) is 60.9 Å². The van der Waals surface area contributed by atoms with Crippen LogP contribution in [0.3, 0.4) is 0 Å². The molecule has 2 N–H and O–H groups in total. The van der Waals surface area contributed by atoms with E-state index < -0.39 is 0 Å². The van der Waals surface area contributed by atoms with E-state index in [9.17, 15) is 0 Å². The zero-order valence-electron chi connectivity index (χ0n) is 24.4. The summed E-state index contributed by atoms with van der Waals surface area (Å²) >= 11 is 0. The molecule has 2 nitrogen and oxygen atoms in total. The Bertz CT molecular complexity index is 2210. The molecule has 2 heteroatoms. The molecule has 44 heavy (non-hydrogen) atoms. The highest BCUT2D eigenvalue weighted by Crippen LogP contribution is 2.41. The lowest BCUT2D eigenvalue weighted by molar-refractivity contribution is 1.18. The fraction of sp³-hybridized carbons (Fsp3) is 0.0476. The van der Waals surface area contributed by atoms with Crippen molar-refractivity contribution in [3.8, 4) is 39.1 Å². The van der Waals surface area contributed by atoms with E-state index in [1.165, 1.54) is 77.6 Å². The van der Waals surface area contributed by atoms with Gasteiger partial charge in [-0.25, -0.2) is 0 Å². The summed E-state index contributed by atoms with van der Waals surface area (Å²) in [6, 6.07) is 49.1. The quantitative estimate of drug-likeness (QED) is 0.200. The Morgan fingerprint density at radius 3 is 2.05 bits per heavy atom. The molecule has 0 atom stereocenters. The molecule has 1 aromatic heterocycles. The van der Waals surface area contributed by atoms with Crippen molar-refractivity contribution in [3.63, 3.8) is 0 Å². The summed E-state index contributed by atoms with van der Waals surface area (Å²) in [5.41, 5.74) is 20.9. The number of aromatic nitrogens is 1. The van der Waals surface area contributed by atoms with Gasteiger partial charge in [-0.15, -0.1) is 0 Å². The number of fused-ring (bicyclic) bond motifs is 6. The molecular weight excluding hydrogens is 532 g/mol. The summed E-state index contributed by atoms with van der Waals surface area (Å²) in [6.07, 6.45) is 9.47. The minimum Gasteiger partial charge on any atom is -0.405 e. The first kappa shape index (κ1) is 26.1. The fourth-order valence-corrected chi connectivity index (χ4v) is 6.73. The maximum atomic E-state index is 5.47. The van der Waals surface area contributed by atoms with Crippen LogP contribution in [0.4, 0.5) is 0 Å². The number of hydrogen-bond donors (Lipinski definition) is 1. The summed E-state index contributed by atoms with van der Waals surface area (Å²) in [4.78, 5) is 0. The molecule has 1 heterocycles. The zero-order valence-corrected chi connectivity index (χ0v) is 24.4. The Morgan fingerprint density at radius 1 is 0.545 bits per heavy atom. The number of rotatable bonds is 6. The van der Waals surface area contributed by atoms with Crippen LogP contribution in [0.2, 0.25) is 0 Å². The van der Waals surface area contributed by atoms with Gasteiger partial charge in [0.15, 0.2) is 0 Å². The molecule has 0 bridgehead atoms. The second-order valence-corrected chi connectivity index (χ2v) is 11.6. The third-order valence-corrected chi connectivity index (χ3v) is 8.91. The van der Waals surface area contributed by atoms with E-state index in [1.807, 2.05) is 12.2 Å². The topological polar surface area (TPSA) is 30.9 Å². The number of allylic oxidation sites excluding steroid dienone is 3. The van der Waals surface area contributed by atoms with Crippen LogP contribution in [0.1, 0.15) is 16.7 Å².